The number of morpholine rings is 1. The minimum atomic E-state index is -2.80. The predicted molar refractivity (Wildman–Crippen MR) is 94.6 cm³/mol. The molecule has 2 N–H and O–H groups in total. The van der Waals surface area contributed by atoms with E-state index < -0.39 is 18.0 Å². The van der Waals surface area contributed by atoms with Crippen LogP contribution in [0, 0.1) is 0 Å². The summed E-state index contributed by atoms with van der Waals surface area (Å²) in [6, 6.07) is 1.84. The number of alkyl halides is 2. The third kappa shape index (κ3) is 2.87. The number of hydrogen-bond donors (Lipinski definition) is 2. The van der Waals surface area contributed by atoms with Gasteiger partial charge in [0.25, 0.3) is 12.3 Å². The third-order valence-electron chi connectivity index (χ3n) is 5.09. The molecule has 2 atom stereocenters. The Bertz CT molecular complexity index is 1020. The van der Waals surface area contributed by atoms with Crippen LogP contribution in [0.4, 0.5) is 20.3 Å². The lowest BCUT2D eigenvalue weighted by atomic mass is 10.2. The molecule has 146 valence electrons. The molecule has 5 rings (SSSR count). The summed E-state index contributed by atoms with van der Waals surface area (Å²) in [5.74, 6) is 0.156. The zero-order valence-corrected chi connectivity index (χ0v) is 14.7. The summed E-state index contributed by atoms with van der Waals surface area (Å²) in [7, 11) is 0. The van der Waals surface area contributed by atoms with Crippen LogP contribution in [0.25, 0.3) is 5.65 Å². The number of ether oxygens (including phenoxy) is 1. The quantitative estimate of drug-likeness (QED) is 0.708. The van der Waals surface area contributed by atoms with Gasteiger partial charge in [0.2, 0.25) is 0 Å². The number of halogens is 2. The number of aromatic nitrogens is 5. The number of amides is 1. The Morgan fingerprint density at radius 3 is 2.86 bits per heavy atom. The highest BCUT2D eigenvalue weighted by atomic mass is 19.3. The van der Waals surface area contributed by atoms with Gasteiger partial charge in [0.1, 0.15) is 11.4 Å². The Balaban J connectivity index is 1.43. The molecule has 0 saturated carbocycles. The van der Waals surface area contributed by atoms with E-state index in [9.17, 15) is 13.6 Å². The molecule has 11 heteroatoms. The largest absolute Gasteiger partial charge is 0.371 e. The molecule has 1 amide bonds. The van der Waals surface area contributed by atoms with Crippen molar-refractivity contribution in [3.8, 4) is 0 Å². The molecule has 0 spiro atoms. The van der Waals surface area contributed by atoms with Crippen LogP contribution in [-0.2, 0) is 4.74 Å². The molecular formula is C17H17F2N7O2. The number of hydrogen-bond acceptors (Lipinski definition) is 6. The lowest BCUT2D eigenvalue weighted by Gasteiger charge is -2.32. The van der Waals surface area contributed by atoms with Crippen molar-refractivity contribution in [2.45, 2.75) is 31.5 Å². The fourth-order valence-corrected chi connectivity index (χ4v) is 3.75. The summed E-state index contributed by atoms with van der Waals surface area (Å²) in [4.78, 5) is 19.4. The van der Waals surface area contributed by atoms with Gasteiger partial charge < -0.3 is 15.0 Å². The van der Waals surface area contributed by atoms with E-state index in [-0.39, 0.29) is 23.5 Å². The average molecular weight is 389 g/mol. The van der Waals surface area contributed by atoms with Gasteiger partial charge in [-0.1, -0.05) is 0 Å². The second-order valence-corrected chi connectivity index (χ2v) is 6.91. The SMILES string of the molecule is O=C(Nc1c[nH]nc1C(F)F)c1cnn2ccc(N3CC4CCC(C3)O4)nc12. The number of anilines is 2. The van der Waals surface area contributed by atoms with E-state index in [0.717, 1.165) is 31.7 Å². The fourth-order valence-electron chi connectivity index (χ4n) is 3.75. The summed E-state index contributed by atoms with van der Waals surface area (Å²) >= 11 is 0. The minimum absolute atomic E-state index is 0.0692. The summed E-state index contributed by atoms with van der Waals surface area (Å²) in [6.45, 7) is 1.50. The number of carbonyl (C=O) groups is 1. The van der Waals surface area contributed by atoms with Gasteiger partial charge in [-0.3, -0.25) is 9.89 Å². The summed E-state index contributed by atoms with van der Waals surface area (Å²) in [5, 5.41) is 12.4. The van der Waals surface area contributed by atoms with Gasteiger partial charge in [-0.05, 0) is 18.9 Å². The molecule has 2 unspecified atom stereocenters. The number of nitrogens with one attached hydrogen (secondary N) is 2. The maximum atomic E-state index is 13.0. The highest BCUT2D eigenvalue weighted by Crippen LogP contribution is 2.29. The van der Waals surface area contributed by atoms with Crippen LogP contribution in [0.3, 0.4) is 0 Å². The molecule has 0 aromatic carbocycles. The van der Waals surface area contributed by atoms with Crippen molar-refractivity contribution in [2.75, 3.05) is 23.3 Å². The van der Waals surface area contributed by atoms with Crippen molar-refractivity contribution in [1.82, 2.24) is 24.8 Å². The molecule has 2 aliphatic heterocycles. The molecule has 0 radical (unpaired) electrons. The van der Waals surface area contributed by atoms with Gasteiger partial charge in [-0.2, -0.15) is 10.2 Å². The Kier molecular flexibility index (Phi) is 3.97. The van der Waals surface area contributed by atoms with Crippen molar-refractivity contribution in [3.05, 3.63) is 35.9 Å². The number of H-pyrrole nitrogens is 1. The average Bonchev–Trinajstić information content (AvgIpc) is 3.39. The van der Waals surface area contributed by atoms with Gasteiger partial charge in [-0.15, -0.1) is 0 Å². The van der Waals surface area contributed by atoms with Crippen LogP contribution in [0.1, 0.15) is 35.3 Å². The standard InChI is InChI=1S/C17H17F2N7O2/c18-15(19)14-12(6-20-24-14)22-17(27)11-5-21-26-4-3-13(23-16(11)26)25-7-9-1-2-10(8-25)28-9/h3-6,9-10,15H,1-2,7-8H2,(H,20,24)(H,22,27). The smallest absolute Gasteiger partial charge is 0.284 e. The maximum Gasteiger partial charge on any atom is 0.284 e. The number of aromatic amines is 1. The molecule has 3 aromatic heterocycles. The molecule has 2 aliphatic rings. The number of nitrogens with zero attached hydrogens (tertiary/aromatic N) is 5. The molecule has 2 bridgehead atoms. The van der Waals surface area contributed by atoms with Crippen LogP contribution in [0.15, 0.2) is 24.7 Å². The first-order valence-electron chi connectivity index (χ1n) is 8.96. The highest BCUT2D eigenvalue weighted by Gasteiger charge is 2.34. The van der Waals surface area contributed by atoms with Crippen LogP contribution in [0.2, 0.25) is 0 Å². The summed E-state index contributed by atoms with van der Waals surface area (Å²) in [5.41, 5.74) is -0.0297. The van der Waals surface area contributed by atoms with Crippen LogP contribution in [-0.4, -0.2) is 56.0 Å². The lowest BCUT2D eigenvalue weighted by Crippen LogP contribution is -2.43. The summed E-state index contributed by atoms with van der Waals surface area (Å²) in [6.07, 6.45) is 4.01. The highest BCUT2D eigenvalue weighted by molar-refractivity contribution is 6.08. The molecule has 2 saturated heterocycles. The van der Waals surface area contributed by atoms with Gasteiger partial charge >= 0.3 is 0 Å². The van der Waals surface area contributed by atoms with E-state index in [1.165, 1.54) is 16.9 Å². The van der Waals surface area contributed by atoms with E-state index in [2.05, 4.69) is 30.5 Å². The van der Waals surface area contributed by atoms with Gasteiger partial charge in [-0.25, -0.2) is 18.3 Å². The summed E-state index contributed by atoms with van der Waals surface area (Å²) < 4.78 is 33.2. The molecule has 9 nitrogen and oxygen atoms in total. The third-order valence-corrected chi connectivity index (χ3v) is 5.09. The molecule has 5 heterocycles. The maximum absolute atomic E-state index is 13.0. The molecule has 28 heavy (non-hydrogen) atoms. The zero-order chi connectivity index (χ0) is 19.3. The predicted octanol–water partition coefficient (Wildman–Crippen LogP) is 2.01. The van der Waals surface area contributed by atoms with E-state index in [4.69, 9.17) is 4.74 Å². The van der Waals surface area contributed by atoms with Crippen LogP contribution >= 0.6 is 0 Å². The van der Waals surface area contributed by atoms with Crippen molar-refractivity contribution < 1.29 is 18.3 Å². The zero-order valence-electron chi connectivity index (χ0n) is 14.7. The van der Waals surface area contributed by atoms with Gasteiger partial charge in [0.05, 0.1) is 24.1 Å². The van der Waals surface area contributed by atoms with Crippen molar-refractivity contribution in [2.24, 2.45) is 0 Å². The Labute approximate surface area is 157 Å². The molecule has 3 aromatic rings. The topological polar surface area (TPSA) is 100 Å². The molecule has 0 aliphatic carbocycles. The molecule has 2 fully saturated rings. The van der Waals surface area contributed by atoms with Gasteiger partial charge in [0, 0.05) is 25.5 Å². The number of fused-ring (bicyclic) bond motifs is 3. The van der Waals surface area contributed by atoms with Crippen molar-refractivity contribution in [1.29, 1.82) is 0 Å². The van der Waals surface area contributed by atoms with E-state index >= 15 is 0 Å². The first kappa shape index (κ1) is 17.0. The minimum Gasteiger partial charge on any atom is -0.371 e. The normalized spacial score (nSPS) is 21.6. The molecular weight excluding hydrogens is 372 g/mol. The van der Waals surface area contributed by atoms with Gasteiger partial charge in [0.15, 0.2) is 11.3 Å². The second kappa shape index (κ2) is 6.51. The number of rotatable bonds is 4. The van der Waals surface area contributed by atoms with E-state index in [1.807, 2.05) is 6.07 Å². The fraction of sp³-hybridized carbons (Fsp3) is 0.412. The van der Waals surface area contributed by atoms with Crippen molar-refractivity contribution in [3.63, 3.8) is 0 Å². The Hall–Kier alpha value is -3.08. The van der Waals surface area contributed by atoms with E-state index in [0.29, 0.717) is 5.65 Å². The first-order chi connectivity index (χ1) is 13.6. The number of carbonyl (C=O) groups excluding carboxylic acids is 1. The van der Waals surface area contributed by atoms with Crippen LogP contribution in [0.5, 0.6) is 0 Å². The Morgan fingerprint density at radius 2 is 2.11 bits per heavy atom. The monoisotopic (exact) mass is 389 g/mol. The Morgan fingerprint density at radius 1 is 1.32 bits per heavy atom. The van der Waals surface area contributed by atoms with Crippen molar-refractivity contribution >= 4 is 23.1 Å². The van der Waals surface area contributed by atoms with Crippen LogP contribution < -0.4 is 10.2 Å². The lowest BCUT2D eigenvalue weighted by molar-refractivity contribution is 0.0302. The second-order valence-electron chi connectivity index (χ2n) is 6.91. The first-order valence-corrected chi connectivity index (χ1v) is 8.96. The van der Waals surface area contributed by atoms with E-state index in [1.54, 1.807) is 6.20 Å².